The van der Waals surface area contributed by atoms with Crippen molar-refractivity contribution in [2.45, 2.75) is 31.1 Å². The van der Waals surface area contributed by atoms with Crippen molar-refractivity contribution in [1.82, 2.24) is 9.29 Å². The first kappa shape index (κ1) is 23.7. The Hall–Kier alpha value is -3.50. The molecule has 178 valence electrons. The summed E-state index contributed by atoms with van der Waals surface area (Å²) in [6.45, 7) is 2.06. The van der Waals surface area contributed by atoms with Gasteiger partial charge in [0, 0.05) is 35.7 Å². The van der Waals surface area contributed by atoms with E-state index in [9.17, 15) is 22.8 Å². The van der Waals surface area contributed by atoms with Gasteiger partial charge in [-0.2, -0.15) is 4.31 Å². The summed E-state index contributed by atoms with van der Waals surface area (Å²) in [6.07, 6.45) is 2.65. The lowest BCUT2D eigenvalue weighted by molar-refractivity contribution is -0.119. The lowest BCUT2D eigenvalue weighted by Crippen LogP contribution is -2.36. The minimum absolute atomic E-state index is 0.0531. The molecule has 0 aliphatic carbocycles. The topological polar surface area (TPSA) is 126 Å². The summed E-state index contributed by atoms with van der Waals surface area (Å²) in [5.74, 6) is -1.44. The number of hydrogen-bond acceptors (Lipinski definition) is 6. The summed E-state index contributed by atoms with van der Waals surface area (Å²) in [4.78, 5) is 39.6. The first-order valence-corrected chi connectivity index (χ1v) is 12.4. The Morgan fingerprint density at radius 2 is 1.79 bits per heavy atom. The van der Waals surface area contributed by atoms with E-state index in [0.717, 1.165) is 25.3 Å². The van der Waals surface area contributed by atoms with Crippen LogP contribution in [0.15, 0.2) is 58.2 Å². The molecule has 34 heavy (non-hydrogen) atoms. The Morgan fingerprint density at radius 1 is 1.06 bits per heavy atom. The lowest BCUT2D eigenvalue weighted by atomic mass is 10.1. The second-order valence-corrected chi connectivity index (χ2v) is 10.1. The van der Waals surface area contributed by atoms with Crippen LogP contribution < -0.4 is 10.9 Å². The number of para-hydroxylation sites is 1. The first-order valence-electron chi connectivity index (χ1n) is 11.0. The maximum Gasteiger partial charge on any atom is 0.339 e. The summed E-state index contributed by atoms with van der Waals surface area (Å²) in [7, 11) is -3.67. The number of anilines is 1. The zero-order valence-corrected chi connectivity index (χ0v) is 19.5. The number of ether oxygens (including phenoxy) is 1. The van der Waals surface area contributed by atoms with Gasteiger partial charge >= 0.3 is 5.97 Å². The highest BCUT2D eigenvalue weighted by Gasteiger charge is 2.27. The molecule has 1 aliphatic heterocycles. The third kappa shape index (κ3) is 5.02. The molecule has 0 saturated carbocycles. The first-order chi connectivity index (χ1) is 16.3. The van der Waals surface area contributed by atoms with Crippen LogP contribution in [-0.4, -0.2) is 49.3 Å². The minimum atomic E-state index is -3.67. The molecular weight excluding hydrogens is 458 g/mol. The van der Waals surface area contributed by atoms with Crippen LogP contribution in [0, 0.1) is 6.92 Å². The Labute approximate surface area is 196 Å². The van der Waals surface area contributed by atoms with Crippen molar-refractivity contribution in [3.8, 4) is 0 Å². The van der Waals surface area contributed by atoms with E-state index in [1.165, 1.54) is 10.4 Å². The number of amides is 1. The molecule has 2 N–H and O–H groups in total. The van der Waals surface area contributed by atoms with Crippen LogP contribution in [0.2, 0.25) is 0 Å². The summed E-state index contributed by atoms with van der Waals surface area (Å²) in [5, 5.41) is 3.07. The Bertz CT molecular complexity index is 1410. The van der Waals surface area contributed by atoms with E-state index in [4.69, 9.17) is 4.74 Å². The molecule has 1 amide bonds. The van der Waals surface area contributed by atoms with Crippen molar-refractivity contribution < 1.29 is 22.7 Å². The number of esters is 1. The van der Waals surface area contributed by atoms with Gasteiger partial charge in [-0.1, -0.05) is 30.7 Å². The third-order valence-electron chi connectivity index (χ3n) is 5.71. The fourth-order valence-corrected chi connectivity index (χ4v) is 5.75. The number of hydrogen-bond donors (Lipinski definition) is 2. The summed E-state index contributed by atoms with van der Waals surface area (Å²) >= 11 is 0. The molecule has 0 atom stereocenters. The number of fused-ring (bicyclic) bond motifs is 1. The van der Waals surface area contributed by atoms with E-state index < -0.39 is 34.1 Å². The number of rotatable bonds is 6. The van der Waals surface area contributed by atoms with Gasteiger partial charge in [0.25, 0.3) is 5.91 Å². The number of benzene rings is 2. The van der Waals surface area contributed by atoms with Crippen molar-refractivity contribution in [3.63, 3.8) is 0 Å². The van der Waals surface area contributed by atoms with Crippen LogP contribution in [0.3, 0.4) is 0 Å². The van der Waals surface area contributed by atoms with Crippen molar-refractivity contribution in [3.05, 3.63) is 70.0 Å². The molecule has 10 heteroatoms. The zero-order valence-electron chi connectivity index (χ0n) is 18.7. The summed E-state index contributed by atoms with van der Waals surface area (Å²) < 4.78 is 32.7. The quantitative estimate of drug-likeness (QED) is 0.520. The van der Waals surface area contributed by atoms with Crippen molar-refractivity contribution in [2.75, 3.05) is 25.0 Å². The monoisotopic (exact) mass is 483 g/mol. The second-order valence-electron chi connectivity index (χ2n) is 8.16. The lowest BCUT2D eigenvalue weighted by Gasteiger charge is -2.26. The smallest absolute Gasteiger partial charge is 0.339 e. The van der Waals surface area contributed by atoms with Crippen LogP contribution in [0.25, 0.3) is 10.9 Å². The number of piperidine rings is 1. The number of H-pyrrole nitrogens is 1. The molecule has 4 rings (SSSR count). The van der Waals surface area contributed by atoms with Crippen LogP contribution >= 0.6 is 0 Å². The molecule has 1 aliphatic rings. The molecule has 1 aromatic heterocycles. The zero-order chi connectivity index (χ0) is 24.3. The number of nitrogens with one attached hydrogen (secondary N) is 2. The molecule has 9 nitrogen and oxygen atoms in total. The molecule has 3 aromatic rings. The number of carbonyl (C=O) groups excluding carboxylic acids is 2. The Kier molecular flexibility index (Phi) is 6.80. The van der Waals surface area contributed by atoms with Crippen molar-refractivity contribution in [2.24, 2.45) is 0 Å². The van der Waals surface area contributed by atoms with Gasteiger partial charge in [-0.05, 0) is 43.5 Å². The van der Waals surface area contributed by atoms with Crippen LogP contribution in [0.1, 0.15) is 35.2 Å². The largest absolute Gasteiger partial charge is 0.452 e. The average Bonchev–Trinajstić information content (AvgIpc) is 2.83. The van der Waals surface area contributed by atoms with E-state index in [1.807, 2.05) is 0 Å². The molecular formula is C24H25N3O6S. The predicted octanol–water partition coefficient (Wildman–Crippen LogP) is 2.81. The van der Waals surface area contributed by atoms with E-state index >= 15 is 0 Å². The fourth-order valence-electron chi connectivity index (χ4n) is 3.98. The van der Waals surface area contributed by atoms with Crippen molar-refractivity contribution in [1.29, 1.82) is 0 Å². The number of aromatic amines is 1. The normalized spacial score (nSPS) is 14.6. The predicted molar refractivity (Wildman–Crippen MR) is 127 cm³/mol. The number of aromatic nitrogens is 1. The minimum Gasteiger partial charge on any atom is -0.452 e. The number of sulfonamides is 1. The van der Waals surface area contributed by atoms with Gasteiger partial charge in [0.1, 0.15) is 0 Å². The van der Waals surface area contributed by atoms with Gasteiger partial charge in [0.15, 0.2) is 6.61 Å². The highest BCUT2D eigenvalue weighted by atomic mass is 32.2. The van der Waals surface area contributed by atoms with Gasteiger partial charge in [0.05, 0.1) is 10.5 Å². The maximum atomic E-state index is 13.1. The highest BCUT2D eigenvalue weighted by molar-refractivity contribution is 7.89. The SMILES string of the molecule is Cc1ccc(NC(=O)COC(=O)c2cc(=O)[nH]c3ccccc23)cc1S(=O)(=O)N1CCCCC1. The number of carbonyl (C=O) groups is 2. The van der Waals surface area contributed by atoms with E-state index in [1.54, 1.807) is 43.3 Å². The summed E-state index contributed by atoms with van der Waals surface area (Å²) in [6, 6.07) is 12.5. The number of aryl methyl sites for hydroxylation is 1. The molecule has 0 radical (unpaired) electrons. The van der Waals surface area contributed by atoms with Gasteiger partial charge in [-0.25, -0.2) is 13.2 Å². The van der Waals surface area contributed by atoms with Crippen molar-refractivity contribution >= 4 is 38.5 Å². The van der Waals surface area contributed by atoms with Crippen LogP contribution in [0.4, 0.5) is 5.69 Å². The second kappa shape index (κ2) is 9.78. The molecule has 0 spiro atoms. The van der Waals surface area contributed by atoms with Crippen LogP contribution in [-0.2, 0) is 19.6 Å². The Balaban J connectivity index is 1.45. The molecule has 2 heterocycles. The van der Waals surface area contributed by atoms with Gasteiger partial charge < -0.3 is 15.0 Å². The Morgan fingerprint density at radius 3 is 2.56 bits per heavy atom. The van der Waals surface area contributed by atoms with Crippen LogP contribution in [0.5, 0.6) is 0 Å². The van der Waals surface area contributed by atoms with Gasteiger partial charge in [-0.15, -0.1) is 0 Å². The maximum absolute atomic E-state index is 13.1. The molecule has 1 fully saturated rings. The average molecular weight is 484 g/mol. The highest BCUT2D eigenvalue weighted by Crippen LogP contribution is 2.26. The third-order valence-corrected chi connectivity index (χ3v) is 7.75. The molecule has 1 saturated heterocycles. The fraction of sp³-hybridized carbons (Fsp3) is 0.292. The summed E-state index contributed by atoms with van der Waals surface area (Å²) in [5.41, 5.74) is 0.933. The van der Waals surface area contributed by atoms with Gasteiger partial charge in [-0.3, -0.25) is 9.59 Å². The van der Waals surface area contributed by atoms with E-state index in [2.05, 4.69) is 10.3 Å². The standard InChI is InChI=1S/C24H25N3O6S/c1-16-9-10-17(13-21(16)34(31,32)27-11-5-2-6-12-27)25-23(29)15-33-24(30)19-14-22(28)26-20-8-4-3-7-18(19)20/h3-4,7-10,13-14H,2,5-6,11-12,15H2,1H3,(H,25,29)(H,26,28). The molecule has 2 aromatic carbocycles. The van der Waals surface area contributed by atoms with E-state index in [-0.39, 0.29) is 16.1 Å². The number of pyridine rings is 1. The molecule has 0 unspecified atom stereocenters. The van der Waals surface area contributed by atoms with E-state index in [0.29, 0.717) is 29.6 Å². The number of nitrogens with zero attached hydrogens (tertiary/aromatic N) is 1. The molecule has 0 bridgehead atoms. The van der Waals surface area contributed by atoms with Gasteiger partial charge in [0.2, 0.25) is 15.6 Å².